The molecule has 0 aromatic heterocycles. The number of halogens is 2. The molecule has 0 unspecified atom stereocenters. The van der Waals surface area contributed by atoms with Crippen LogP contribution >= 0.6 is 0 Å². The van der Waals surface area contributed by atoms with E-state index in [0.717, 1.165) is 16.7 Å². The minimum absolute atomic E-state index is 0.00820. The van der Waals surface area contributed by atoms with Gasteiger partial charge in [0.1, 0.15) is 37.3 Å². The van der Waals surface area contributed by atoms with Crippen molar-refractivity contribution in [2.45, 2.75) is 75.6 Å². The summed E-state index contributed by atoms with van der Waals surface area (Å²) < 4.78 is 73.4. The number of hydrogen-bond donors (Lipinski definition) is 1. The molecule has 3 aromatic rings. The molecule has 0 bridgehead atoms. The van der Waals surface area contributed by atoms with E-state index in [2.05, 4.69) is 0 Å². The van der Waals surface area contributed by atoms with Crippen molar-refractivity contribution in [1.82, 2.24) is 0 Å². The lowest BCUT2D eigenvalue weighted by atomic mass is 9.89. The summed E-state index contributed by atoms with van der Waals surface area (Å²) in [6.07, 6.45) is -7.28. The Hall–Kier alpha value is -3.29. The molecule has 46 heavy (non-hydrogen) atoms. The van der Waals surface area contributed by atoms with Crippen molar-refractivity contribution in [3.8, 4) is 0 Å². The smallest absolute Gasteiger partial charge is 0.323 e. The third-order valence-electron chi connectivity index (χ3n) is 7.47. The van der Waals surface area contributed by atoms with Crippen LogP contribution in [-0.2, 0) is 57.8 Å². The number of benzene rings is 3. The topological polar surface area (TPSA) is 108 Å². The summed E-state index contributed by atoms with van der Waals surface area (Å²) in [5.41, 5.74) is 8.47. The van der Waals surface area contributed by atoms with E-state index in [9.17, 15) is 4.79 Å². The molecule has 0 radical (unpaired) electrons. The largest absolute Gasteiger partial charge is 0.465 e. The zero-order chi connectivity index (χ0) is 32.8. The first kappa shape index (κ1) is 35.6. The highest BCUT2D eigenvalue weighted by molar-refractivity contribution is 5.75. The molecule has 2 N–H and O–H groups in total. The molecular formula is C35H43F2NO8. The van der Waals surface area contributed by atoms with E-state index in [0.29, 0.717) is 0 Å². The van der Waals surface area contributed by atoms with Gasteiger partial charge in [-0.25, -0.2) is 8.78 Å². The van der Waals surface area contributed by atoms with Gasteiger partial charge in [-0.2, -0.15) is 0 Å². The van der Waals surface area contributed by atoms with Crippen molar-refractivity contribution in [3.63, 3.8) is 0 Å². The summed E-state index contributed by atoms with van der Waals surface area (Å²) in [5.74, 6) is -4.59. The highest BCUT2D eigenvalue weighted by Crippen LogP contribution is 2.39. The van der Waals surface area contributed by atoms with E-state index in [1.807, 2.05) is 91.0 Å². The van der Waals surface area contributed by atoms with Crippen molar-refractivity contribution in [2.24, 2.45) is 5.73 Å². The monoisotopic (exact) mass is 643 g/mol. The Labute approximate surface area is 268 Å². The summed E-state index contributed by atoms with van der Waals surface area (Å²) in [6.45, 7) is 1.63. The minimum Gasteiger partial charge on any atom is -0.465 e. The zero-order valence-corrected chi connectivity index (χ0v) is 26.2. The maximum absolute atomic E-state index is 16.2. The molecule has 1 heterocycles. The quantitative estimate of drug-likeness (QED) is 0.151. The lowest BCUT2D eigenvalue weighted by molar-refractivity contribution is -0.317. The van der Waals surface area contributed by atoms with Crippen molar-refractivity contribution in [1.29, 1.82) is 0 Å². The Kier molecular flexibility index (Phi) is 14.0. The molecule has 1 fully saturated rings. The standard InChI is InChI=1S/C35H43F2NO8/c1-3-42-34(39)28(38)19-35(36,37)33-32(45-24-40-2)31(44-22-27-17-11-6-12-18-27)30(43-21-26-15-9-5-10-16-26)29(46-33)23-41-20-25-13-7-4-8-14-25/h4-18,28-33H,3,19-24,38H2,1-2H3/t28-,29-,30+,31+,32-,33+/m1/s1. The number of hydrogen-bond acceptors (Lipinski definition) is 9. The van der Waals surface area contributed by atoms with Crippen LogP contribution in [0, 0.1) is 0 Å². The fourth-order valence-corrected chi connectivity index (χ4v) is 5.25. The van der Waals surface area contributed by atoms with Crippen LogP contribution < -0.4 is 5.73 Å². The molecule has 4 rings (SSSR count). The van der Waals surface area contributed by atoms with Gasteiger partial charge in [0.15, 0.2) is 6.10 Å². The predicted octanol–water partition coefficient (Wildman–Crippen LogP) is 5.05. The molecule has 6 atom stereocenters. The second-order valence-corrected chi connectivity index (χ2v) is 11.0. The van der Waals surface area contributed by atoms with Gasteiger partial charge in [-0.15, -0.1) is 0 Å². The number of carbonyl (C=O) groups is 1. The summed E-state index contributed by atoms with van der Waals surface area (Å²) in [6, 6.07) is 26.7. The maximum atomic E-state index is 16.2. The van der Waals surface area contributed by atoms with Crippen molar-refractivity contribution < 1.29 is 46.7 Å². The number of rotatable bonds is 18. The molecule has 11 heteroatoms. The average molecular weight is 644 g/mol. The number of methoxy groups -OCH3 is 1. The van der Waals surface area contributed by atoms with Crippen LogP contribution in [0.2, 0.25) is 0 Å². The Bertz CT molecular complexity index is 1290. The van der Waals surface area contributed by atoms with Gasteiger partial charge in [0.05, 0.1) is 33.0 Å². The van der Waals surface area contributed by atoms with Gasteiger partial charge >= 0.3 is 5.97 Å². The Morgan fingerprint density at radius 3 is 1.85 bits per heavy atom. The molecule has 0 spiro atoms. The molecule has 9 nitrogen and oxygen atoms in total. The van der Waals surface area contributed by atoms with Crippen LogP contribution in [0.25, 0.3) is 0 Å². The fourth-order valence-electron chi connectivity index (χ4n) is 5.25. The number of alkyl halides is 2. The van der Waals surface area contributed by atoms with E-state index in [1.165, 1.54) is 7.11 Å². The second-order valence-electron chi connectivity index (χ2n) is 11.0. The first-order valence-electron chi connectivity index (χ1n) is 15.3. The van der Waals surface area contributed by atoms with E-state index < -0.39 is 54.9 Å². The van der Waals surface area contributed by atoms with Crippen molar-refractivity contribution >= 4 is 5.97 Å². The molecule has 1 aliphatic heterocycles. The Morgan fingerprint density at radius 2 is 1.33 bits per heavy atom. The lowest BCUT2D eigenvalue weighted by Gasteiger charge is -2.48. The third kappa shape index (κ3) is 10.4. The van der Waals surface area contributed by atoms with E-state index >= 15 is 8.78 Å². The van der Waals surface area contributed by atoms with E-state index in [-0.39, 0.29) is 39.8 Å². The van der Waals surface area contributed by atoms with Gasteiger partial charge < -0.3 is 38.9 Å². The molecule has 3 aromatic carbocycles. The summed E-state index contributed by atoms with van der Waals surface area (Å²) in [5, 5.41) is 0. The minimum atomic E-state index is -3.65. The van der Waals surface area contributed by atoms with Crippen LogP contribution in [0.4, 0.5) is 8.78 Å². The Morgan fingerprint density at radius 1 is 0.804 bits per heavy atom. The van der Waals surface area contributed by atoms with Gasteiger partial charge in [-0.1, -0.05) is 91.0 Å². The van der Waals surface area contributed by atoms with Crippen molar-refractivity contribution in [3.05, 3.63) is 108 Å². The Balaban J connectivity index is 1.67. The van der Waals surface area contributed by atoms with Crippen LogP contribution in [-0.4, -0.2) is 75.6 Å². The van der Waals surface area contributed by atoms with E-state index in [4.69, 9.17) is 38.9 Å². The fraction of sp³-hybridized carbons (Fsp3) is 0.457. The van der Waals surface area contributed by atoms with Crippen molar-refractivity contribution in [2.75, 3.05) is 27.1 Å². The zero-order valence-electron chi connectivity index (χ0n) is 26.2. The molecule has 0 amide bonds. The van der Waals surface area contributed by atoms with E-state index in [1.54, 1.807) is 6.92 Å². The average Bonchev–Trinajstić information content (AvgIpc) is 3.07. The maximum Gasteiger partial charge on any atom is 0.323 e. The number of esters is 1. The molecule has 1 saturated heterocycles. The number of ether oxygens (including phenoxy) is 7. The van der Waals surface area contributed by atoms with Crippen LogP contribution in [0.1, 0.15) is 30.0 Å². The molecule has 0 saturated carbocycles. The first-order valence-corrected chi connectivity index (χ1v) is 15.3. The van der Waals surface area contributed by atoms with Gasteiger partial charge in [0.25, 0.3) is 5.92 Å². The van der Waals surface area contributed by atoms with Gasteiger partial charge in [-0.05, 0) is 23.6 Å². The van der Waals surface area contributed by atoms with Gasteiger partial charge in [-0.3, -0.25) is 4.79 Å². The van der Waals surface area contributed by atoms with Crippen LogP contribution in [0.5, 0.6) is 0 Å². The molecular weight excluding hydrogens is 600 g/mol. The molecule has 0 aliphatic carbocycles. The lowest BCUT2D eigenvalue weighted by Crippen LogP contribution is -2.66. The number of carbonyl (C=O) groups excluding carboxylic acids is 1. The SMILES string of the molecule is CCOC(=O)[C@H](N)CC(F)(F)[C@H]1O[C@H](COCc2ccccc2)[C@H](OCc2ccccc2)[C@H](OCc2ccccc2)[C@H]1OCOC. The molecule has 1 aliphatic rings. The first-order chi connectivity index (χ1) is 22.3. The number of nitrogens with two attached hydrogens (primary N) is 1. The summed E-state index contributed by atoms with van der Waals surface area (Å²) in [4.78, 5) is 12.3. The second kappa shape index (κ2) is 18.2. The predicted molar refractivity (Wildman–Crippen MR) is 166 cm³/mol. The normalized spacial score (nSPS) is 22.3. The summed E-state index contributed by atoms with van der Waals surface area (Å²) >= 11 is 0. The highest BCUT2D eigenvalue weighted by Gasteiger charge is 2.58. The van der Waals surface area contributed by atoms with Crippen LogP contribution in [0.15, 0.2) is 91.0 Å². The van der Waals surface area contributed by atoms with Crippen LogP contribution in [0.3, 0.4) is 0 Å². The van der Waals surface area contributed by atoms with Gasteiger partial charge in [0, 0.05) is 13.5 Å². The summed E-state index contributed by atoms with van der Waals surface area (Å²) in [7, 11) is 1.39. The highest BCUT2D eigenvalue weighted by atomic mass is 19.3. The molecule has 250 valence electrons. The van der Waals surface area contributed by atoms with Gasteiger partial charge in [0.2, 0.25) is 0 Å². The third-order valence-corrected chi connectivity index (χ3v) is 7.47.